The largest absolute Gasteiger partial charge is 0.353 e. The monoisotopic (exact) mass is 330 g/mol. The van der Waals surface area contributed by atoms with Crippen LogP contribution in [0.2, 0.25) is 0 Å². The molecule has 21 heavy (non-hydrogen) atoms. The summed E-state index contributed by atoms with van der Waals surface area (Å²) < 4.78 is 26.8. The molecule has 118 valence electrons. The maximum Gasteiger partial charge on any atom is 0.252 e. The summed E-state index contributed by atoms with van der Waals surface area (Å²) in [5, 5.41) is 4.70. The zero-order chi connectivity index (χ0) is 15.5. The molecule has 2 rings (SSSR count). The molecule has 0 aromatic carbocycles. The van der Waals surface area contributed by atoms with Crippen LogP contribution in [0.1, 0.15) is 33.1 Å². The molecule has 1 amide bonds. The standard InChI is InChI=1S/C14H22N2O3S2/c1-3-11(2)15-14(17)12-6-4-8-16(10-12)21(18,19)13-7-5-9-20-13/h5,7,9,11-12H,3-4,6,8,10H2,1-2H3,(H,15,17)/t11-,12-/m0/s1. The molecule has 0 saturated carbocycles. The molecule has 2 atom stereocenters. The van der Waals surface area contributed by atoms with Crippen molar-refractivity contribution >= 4 is 27.3 Å². The summed E-state index contributed by atoms with van der Waals surface area (Å²) in [4.78, 5) is 12.2. The Balaban J connectivity index is 2.06. The molecular weight excluding hydrogens is 308 g/mol. The summed E-state index contributed by atoms with van der Waals surface area (Å²) >= 11 is 1.22. The number of carbonyl (C=O) groups is 1. The van der Waals surface area contributed by atoms with Crippen LogP contribution in [0.3, 0.4) is 0 Å². The fraction of sp³-hybridized carbons (Fsp3) is 0.643. The van der Waals surface area contributed by atoms with Crippen molar-refractivity contribution in [3.05, 3.63) is 17.5 Å². The molecule has 0 radical (unpaired) electrons. The lowest BCUT2D eigenvalue weighted by Gasteiger charge is -2.31. The van der Waals surface area contributed by atoms with Gasteiger partial charge in [0.25, 0.3) is 10.0 Å². The summed E-state index contributed by atoms with van der Waals surface area (Å²) in [6.07, 6.45) is 2.34. The average molecular weight is 330 g/mol. The van der Waals surface area contributed by atoms with Gasteiger partial charge in [0.1, 0.15) is 4.21 Å². The summed E-state index contributed by atoms with van der Waals surface area (Å²) in [6.45, 7) is 4.75. The Morgan fingerprint density at radius 1 is 1.57 bits per heavy atom. The molecule has 7 heteroatoms. The lowest BCUT2D eigenvalue weighted by atomic mass is 9.98. The van der Waals surface area contributed by atoms with Crippen LogP contribution in [0, 0.1) is 5.92 Å². The predicted octanol–water partition coefficient (Wildman–Crippen LogP) is 2.06. The van der Waals surface area contributed by atoms with Crippen LogP contribution in [0.25, 0.3) is 0 Å². The summed E-state index contributed by atoms with van der Waals surface area (Å²) in [7, 11) is -3.45. The number of hydrogen-bond donors (Lipinski definition) is 1. The lowest BCUT2D eigenvalue weighted by Crippen LogP contribution is -2.46. The molecule has 0 spiro atoms. The second-order valence-corrected chi connectivity index (χ2v) is 8.56. The smallest absolute Gasteiger partial charge is 0.252 e. The minimum Gasteiger partial charge on any atom is -0.353 e. The van der Waals surface area contributed by atoms with Crippen molar-refractivity contribution in [2.45, 2.75) is 43.4 Å². The van der Waals surface area contributed by atoms with Crippen molar-refractivity contribution in [2.24, 2.45) is 5.92 Å². The Morgan fingerprint density at radius 3 is 2.95 bits per heavy atom. The van der Waals surface area contributed by atoms with Crippen molar-refractivity contribution in [3.63, 3.8) is 0 Å². The highest BCUT2D eigenvalue weighted by molar-refractivity contribution is 7.91. The van der Waals surface area contributed by atoms with Gasteiger partial charge in [-0.2, -0.15) is 4.31 Å². The Kier molecular flexibility index (Phi) is 5.40. The van der Waals surface area contributed by atoms with Crippen LogP contribution in [-0.2, 0) is 14.8 Å². The van der Waals surface area contributed by atoms with E-state index in [1.165, 1.54) is 15.6 Å². The van der Waals surface area contributed by atoms with Crippen molar-refractivity contribution in [1.29, 1.82) is 0 Å². The molecule has 1 N–H and O–H groups in total. The van der Waals surface area contributed by atoms with Gasteiger partial charge in [0, 0.05) is 19.1 Å². The first-order valence-corrected chi connectivity index (χ1v) is 9.61. The maximum atomic E-state index is 12.5. The zero-order valence-corrected chi connectivity index (χ0v) is 14.0. The fourth-order valence-corrected chi connectivity index (χ4v) is 5.04. The number of carbonyl (C=O) groups excluding carboxylic acids is 1. The Bertz CT molecular complexity index is 569. The van der Waals surface area contributed by atoms with E-state index >= 15 is 0 Å². The van der Waals surface area contributed by atoms with E-state index in [4.69, 9.17) is 0 Å². The summed E-state index contributed by atoms with van der Waals surface area (Å²) in [5.41, 5.74) is 0. The number of sulfonamides is 1. The van der Waals surface area contributed by atoms with E-state index in [-0.39, 0.29) is 24.4 Å². The van der Waals surface area contributed by atoms with Gasteiger partial charge in [0.05, 0.1) is 5.92 Å². The number of nitrogens with zero attached hydrogens (tertiary/aromatic N) is 1. The van der Waals surface area contributed by atoms with E-state index in [1.807, 2.05) is 13.8 Å². The lowest BCUT2D eigenvalue weighted by molar-refractivity contribution is -0.126. The fourth-order valence-electron chi connectivity index (χ4n) is 2.38. The second-order valence-electron chi connectivity index (χ2n) is 5.45. The van der Waals surface area contributed by atoms with Gasteiger partial charge < -0.3 is 5.32 Å². The minimum absolute atomic E-state index is 0.0320. The van der Waals surface area contributed by atoms with Gasteiger partial charge >= 0.3 is 0 Å². The van der Waals surface area contributed by atoms with Gasteiger partial charge in [-0.15, -0.1) is 11.3 Å². The summed E-state index contributed by atoms with van der Waals surface area (Å²) in [6, 6.07) is 3.47. The molecule has 1 aliphatic heterocycles. The predicted molar refractivity (Wildman–Crippen MR) is 83.7 cm³/mol. The zero-order valence-electron chi connectivity index (χ0n) is 12.4. The van der Waals surface area contributed by atoms with Crippen LogP contribution in [0.4, 0.5) is 0 Å². The van der Waals surface area contributed by atoms with Crippen LogP contribution in [0.5, 0.6) is 0 Å². The minimum atomic E-state index is -3.45. The van der Waals surface area contributed by atoms with E-state index in [0.717, 1.165) is 19.3 Å². The topological polar surface area (TPSA) is 66.5 Å². The molecule has 1 aliphatic rings. The maximum absolute atomic E-state index is 12.5. The molecule has 1 saturated heterocycles. The quantitative estimate of drug-likeness (QED) is 0.899. The van der Waals surface area contributed by atoms with E-state index in [9.17, 15) is 13.2 Å². The number of hydrogen-bond acceptors (Lipinski definition) is 4. The number of amides is 1. The highest BCUT2D eigenvalue weighted by Gasteiger charge is 2.33. The van der Waals surface area contributed by atoms with Crippen molar-refractivity contribution < 1.29 is 13.2 Å². The van der Waals surface area contributed by atoms with Gasteiger partial charge in [0.2, 0.25) is 5.91 Å². The number of thiophene rings is 1. The third-order valence-electron chi connectivity index (χ3n) is 3.85. The summed E-state index contributed by atoms with van der Waals surface area (Å²) in [5.74, 6) is -0.280. The molecule has 0 aliphatic carbocycles. The Labute approximate surface area is 130 Å². The molecular formula is C14H22N2O3S2. The van der Waals surface area contributed by atoms with Crippen molar-refractivity contribution in [1.82, 2.24) is 9.62 Å². The third kappa shape index (κ3) is 3.84. The molecule has 5 nitrogen and oxygen atoms in total. The first-order valence-electron chi connectivity index (χ1n) is 7.29. The van der Waals surface area contributed by atoms with Gasteiger partial charge in [-0.05, 0) is 37.6 Å². The average Bonchev–Trinajstić information content (AvgIpc) is 3.02. The highest BCUT2D eigenvalue weighted by atomic mass is 32.2. The van der Waals surface area contributed by atoms with Crippen molar-refractivity contribution in [3.8, 4) is 0 Å². The van der Waals surface area contributed by atoms with E-state index < -0.39 is 10.0 Å². The van der Waals surface area contributed by atoms with Crippen molar-refractivity contribution in [2.75, 3.05) is 13.1 Å². The van der Waals surface area contributed by atoms with Gasteiger partial charge in [-0.25, -0.2) is 8.42 Å². The number of piperidine rings is 1. The first-order chi connectivity index (χ1) is 9.95. The second kappa shape index (κ2) is 6.89. The first kappa shape index (κ1) is 16.5. The molecule has 2 heterocycles. The van der Waals surface area contributed by atoms with Gasteiger partial charge in [-0.1, -0.05) is 13.0 Å². The van der Waals surface area contributed by atoms with Crippen LogP contribution < -0.4 is 5.32 Å². The number of rotatable bonds is 5. The molecule has 0 bridgehead atoms. The van der Waals surface area contributed by atoms with Gasteiger partial charge in [-0.3, -0.25) is 4.79 Å². The molecule has 1 aromatic heterocycles. The van der Waals surface area contributed by atoms with E-state index in [0.29, 0.717) is 10.8 Å². The Hall–Kier alpha value is -0.920. The molecule has 1 fully saturated rings. The SMILES string of the molecule is CC[C@H](C)NC(=O)[C@H]1CCCN(S(=O)(=O)c2cccs2)C1. The van der Waals surface area contributed by atoms with Gasteiger partial charge in [0.15, 0.2) is 0 Å². The number of nitrogens with one attached hydrogen (secondary N) is 1. The van der Waals surface area contributed by atoms with Crippen LogP contribution >= 0.6 is 11.3 Å². The van der Waals surface area contributed by atoms with E-state index in [1.54, 1.807) is 17.5 Å². The van der Waals surface area contributed by atoms with E-state index in [2.05, 4.69) is 5.32 Å². The van der Waals surface area contributed by atoms with Crippen LogP contribution in [0.15, 0.2) is 21.7 Å². The highest BCUT2D eigenvalue weighted by Crippen LogP contribution is 2.26. The van der Waals surface area contributed by atoms with Crippen LogP contribution in [-0.4, -0.2) is 37.8 Å². The third-order valence-corrected chi connectivity index (χ3v) is 7.08. The molecule has 0 unspecified atom stereocenters. The normalized spacial score (nSPS) is 21.9. The Morgan fingerprint density at radius 2 is 2.33 bits per heavy atom. The molecule has 1 aromatic rings.